The van der Waals surface area contributed by atoms with Gasteiger partial charge in [0.15, 0.2) is 28.3 Å². The second kappa shape index (κ2) is 18.4. The zero-order valence-corrected chi connectivity index (χ0v) is 25.0. The average molecular weight is 588 g/mol. The third kappa shape index (κ3) is 12.6. The number of nitrogens with one attached hydrogen (secondary N) is 1. The molecule has 2 aromatic rings. The molecule has 0 aliphatic rings. The molecule has 2 atom stereocenters. The number of aromatic nitrogens is 2. The van der Waals surface area contributed by atoms with Crippen LogP contribution >= 0.6 is 11.6 Å². The van der Waals surface area contributed by atoms with E-state index in [4.69, 9.17) is 28.5 Å². The van der Waals surface area contributed by atoms with Crippen LogP contribution < -0.4 is 11.5 Å². The lowest BCUT2D eigenvalue weighted by Gasteiger charge is -2.16. The van der Waals surface area contributed by atoms with Gasteiger partial charge >= 0.3 is 0 Å². The Hall–Kier alpha value is -3.04. The van der Waals surface area contributed by atoms with E-state index in [1.54, 1.807) is 18.2 Å². The van der Waals surface area contributed by atoms with Gasteiger partial charge in [0, 0.05) is 17.7 Å². The third-order valence-corrected chi connectivity index (χ3v) is 7.72. The number of aliphatic hydroxyl groups is 1. The van der Waals surface area contributed by atoms with E-state index < -0.39 is 6.10 Å². The Bertz CT molecular complexity index is 1140. The number of nitrogen functional groups attached to an aromatic ring is 2. The predicted octanol–water partition coefficient (Wildman–Crippen LogP) is 6.77. The highest BCUT2D eigenvalue weighted by Crippen LogP contribution is 2.27. The fourth-order valence-corrected chi connectivity index (χ4v) is 5.03. The van der Waals surface area contributed by atoms with E-state index in [-0.39, 0.29) is 46.9 Å². The molecule has 10 heteroatoms. The van der Waals surface area contributed by atoms with E-state index in [0.717, 1.165) is 44.0 Å². The number of carbonyl (C=O) groups excluding carboxylic acids is 2. The van der Waals surface area contributed by atoms with Crippen molar-refractivity contribution in [1.82, 2.24) is 9.97 Å². The molecular weight excluding hydrogens is 542 g/mol. The van der Waals surface area contributed by atoms with Crippen molar-refractivity contribution in [2.24, 2.45) is 5.92 Å². The maximum atomic E-state index is 12.4. The Morgan fingerprint density at radius 1 is 0.976 bits per heavy atom. The Balaban J connectivity index is 1.46. The number of Topliss-reactive ketones (excluding diaryl/α,β-unsaturated/α-hetero) is 1. The SMILES string of the molecule is C[C@@H](CCCCCCCCCCCC(=N)CC(=O)c1nc(Cl)c(N)nc1N)CC[C@H](O)c1ccc(O)c(CC=O)c1. The molecule has 0 fully saturated rings. The first-order chi connectivity index (χ1) is 19.6. The number of carbonyl (C=O) groups is 2. The zero-order valence-electron chi connectivity index (χ0n) is 24.2. The minimum absolute atomic E-state index is 0.0193. The summed E-state index contributed by atoms with van der Waals surface area (Å²) in [7, 11) is 0. The molecule has 0 aliphatic carbocycles. The molecule has 0 saturated carbocycles. The van der Waals surface area contributed by atoms with Crippen molar-refractivity contribution in [3.05, 3.63) is 40.2 Å². The van der Waals surface area contributed by atoms with Crippen LogP contribution in [0.2, 0.25) is 5.15 Å². The summed E-state index contributed by atoms with van der Waals surface area (Å²) >= 11 is 5.83. The lowest BCUT2D eigenvalue weighted by Crippen LogP contribution is -2.14. The summed E-state index contributed by atoms with van der Waals surface area (Å²) in [5.41, 5.74) is 12.9. The van der Waals surface area contributed by atoms with Crippen molar-refractivity contribution in [2.75, 3.05) is 11.5 Å². The fraction of sp³-hybridized carbons (Fsp3) is 0.581. The van der Waals surface area contributed by atoms with Crippen molar-refractivity contribution in [1.29, 1.82) is 5.41 Å². The minimum Gasteiger partial charge on any atom is -0.508 e. The highest BCUT2D eigenvalue weighted by molar-refractivity contribution is 6.31. The molecule has 1 heterocycles. The van der Waals surface area contributed by atoms with Gasteiger partial charge in [-0.3, -0.25) is 4.79 Å². The van der Waals surface area contributed by atoms with Gasteiger partial charge in [0.25, 0.3) is 0 Å². The van der Waals surface area contributed by atoms with Crippen LogP contribution in [-0.4, -0.2) is 38.0 Å². The summed E-state index contributed by atoms with van der Waals surface area (Å²) in [4.78, 5) is 30.8. The van der Waals surface area contributed by atoms with E-state index in [0.29, 0.717) is 30.0 Å². The number of phenolic OH excluding ortho intramolecular Hbond substituents is 1. The number of aldehydes is 1. The number of aromatic hydroxyl groups is 1. The van der Waals surface area contributed by atoms with E-state index in [2.05, 4.69) is 16.9 Å². The maximum absolute atomic E-state index is 12.4. The van der Waals surface area contributed by atoms with Gasteiger partial charge in [0.2, 0.25) is 0 Å². The lowest BCUT2D eigenvalue weighted by molar-refractivity contribution is -0.107. The fourth-order valence-electron chi connectivity index (χ4n) is 4.90. The second-order valence-corrected chi connectivity index (χ2v) is 11.4. The normalized spacial score (nSPS) is 12.7. The van der Waals surface area contributed by atoms with Gasteiger partial charge in [-0.15, -0.1) is 0 Å². The topological polar surface area (TPSA) is 176 Å². The van der Waals surface area contributed by atoms with Crippen molar-refractivity contribution in [3.8, 4) is 5.75 Å². The Morgan fingerprint density at radius 3 is 2.27 bits per heavy atom. The molecular formula is C31H46ClN5O4. The Morgan fingerprint density at radius 2 is 1.61 bits per heavy atom. The molecule has 0 amide bonds. The third-order valence-electron chi connectivity index (χ3n) is 7.44. The molecule has 226 valence electrons. The van der Waals surface area contributed by atoms with Crippen LogP contribution in [0, 0.1) is 11.3 Å². The van der Waals surface area contributed by atoms with E-state index in [9.17, 15) is 19.8 Å². The van der Waals surface area contributed by atoms with Crippen molar-refractivity contribution in [3.63, 3.8) is 0 Å². The van der Waals surface area contributed by atoms with Crippen molar-refractivity contribution >= 4 is 41.0 Å². The number of aliphatic hydroxyl groups excluding tert-OH is 1. The van der Waals surface area contributed by atoms with Crippen LogP contribution in [0.4, 0.5) is 11.6 Å². The molecule has 9 nitrogen and oxygen atoms in total. The smallest absolute Gasteiger partial charge is 0.190 e. The van der Waals surface area contributed by atoms with E-state index >= 15 is 0 Å². The van der Waals surface area contributed by atoms with Crippen LogP contribution in [-0.2, 0) is 11.2 Å². The molecule has 0 saturated heterocycles. The zero-order chi connectivity index (χ0) is 30.2. The lowest BCUT2D eigenvalue weighted by atomic mass is 9.93. The van der Waals surface area contributed by atoms with Gasteiger partial charge < -0.3 is 31.9 Å². The van der Waals surface area contributed by atoms with Gasteiger partial charge in [-0.1, -0.05) is 82.4 Å². The van der Waals surface area contributed by atoms with Crippen LogP contribution in [0.3, 0.4) is 0 Å². The second-order valence-electron chi connectivity index (χ2n) is 11.0. The van der Waals surface area contributed by atoms with Gasteiger partial charge in [-0.2, -0.15) is 0 Å². The first-order valence-electron chi connectivity index (χ1n) is 14.7. The summed E-state index contributed by atoms with van der Waals surface area (Å²) in [6, 6.07) is 4.99. The largest absolute Gasteiger partial charge is 0.508 e. The molecule has 7 N–H and O–H groups in total. The molecule has 0 bridgehead atoms. The van der Waals surface area contributed by atoms with Crippen molar-refractivity contribution < 1.29 is 19.8 Å². The Labute approximate surface area is 248 Å². The van der Waals surface area contributed by atoms with Gasteiger partial charge in [0.1, 0.15) is 12.0 Å². The summed E-state index contributed by atoms with van der Waals surface area (Å²) in [6.07, 6.45) is 13.9. The standard InChI is InChI=1S/C31H46ClN5O4/c1-21(13-15-25(39)22-14-16-26(40)23(19-22)17-18-38)11-9-7-5-3-2-4-6-8-10-12-24(33)20-27(41)28-30(34)37-31(35)29(32)36-28/h14,16,18-19,21,25,33,39-40H,2-13,15,17,20H2,1H3,(H4,34,35,37)/t21-,25-/m0/s1. The van der Waals surface area contributed by atoms with Crippen LogP contribution in [0.25, 0.3) is 0 Å². The molecule has 0 spiro atoms. The van der Waals surface area contributed by atoms with Gasteiger partial charge in [-0.05, 0) is 49.3 Å². The molecule has 41 heavy (non-hydrogen) atoms. The van der Waals surface area contributed by atoms with Crippen LogP contribution in [0.15, 0.2) is 18.2 Å². The van der Waals surface area contributed by atoms with Crippen LogP contribution in [0.1, 0.15) is 125 Å². The van der Waals surface area contributed by atoms with Crippen LogP contribution in [0.5, 0.6) is 5.75 Å². The summed E-state index contributed by atoms with van der Waals surface area (Å²) in [5.74, 6) is 0.184. The van der Waals surface area contributed by atoms with E-state index in [1.165, 1.54) is 38.5 Å². The maximum Gasteiger partial charge on any atom is 0.190 e. The summed E-state index contributed by atoms with van der Waals surface area (Å²) in [6.45, 7) is 2.23. The highest BCUT2D eigenvalue weighted by atomic mass is 35.5. The summed E-state index contributed by atoms with van der Waals surface area (Å²) < 4.78 is 0. The molecule has 2 rings (SSSR count). The number of ketones is 1. The number of hydrogen-bond acceptors (Lipinski definition) is 9. The monoisotopic (exact) mass is 587 g/mol. The molecule has 0 unspecified atom stereocenters. The number of hydrogen-bond donors (Lipinski definition) is 5. The van der Waals surface area contributed by atoms with Crippen molar-refractivity contribution in [2.45, 2.75) is 109 Å². The molecule has 1 aromatic heterocycles. The molecule has 1 aromatic carbocycles. The number of nitrogens with zero attached hydrogens (tertiary/aromatic N) is 2. The van der Waals surface area contributed by atoms with Gasteiger partial charge in [0.05, 0.1) is 12.5 Å². The molecule has 0 radical (unpaired) electrons. The first kappa shape index (κ1) is 34.2. The van der Waals surface area contributed by atoms with E-state index in [1.807, 2.05) is 0 Å². The predicted molar refractivity (Wildman–Crippen MR) is 165 cm³/mol. The number of halogens is 1. The number of unbranched alkanes of at least 4 members (excludes halogenated alkanes) is 8. The Kier molecular flexibility index (Phi) is 15.3. The number of phenols is 1. The summed E-state index contributed by atoms with van der Waals surface area (Å²) in [5, 5.41) is 28.4. The minimum atomic E-state index is -0.583. The quantitative estimate of drug-likeness (QED) is 0.0459. The number of nitrogens with two attached hydrogens (primary N) is 2. The number of benzene rings is 1. The number of anilines is 2. The first-order valence-corrected chi connectivity index (χ1v) is 15.1. The highest BCUT2D eigenvalue weighted by Gasteiger charge is 2.17. The average Bonchev–Trinajstić information content (AvgIpc) is 2.93. The number of rotatable bonds is 21. The molecule has 0 aliphatic heterocycles. The van der Waals surface area contributed by atoms with Gasteiger partial charge in [-0.25, -0.2) is 9.97 Å².